The van der Waals surface area contributed by atoms with Crippen LogP contribution in [0.25, 0.3) is 49.3 Å². The molecule has 0 saturated heterocycles. The van der Waals surface area contributed by atoms with E-state index in [1.54, 1.807) is 0 Å². The SMILES string of the molecule is C\C1=C(C2=CC(C)CC=C2)/N=C(n2c3ccccc3c3ccc4c(c5ccccc5n4C4=CCCC=C4)c32)\N=C(\c2ccccc2)CC1. The third kappa shape index (κ3) is 4.66. The Bertz CT molecular complexity index is 2490. The molecular formula is C44H38N4. The smallest absolute Gasteiger partial charge is 0.235 e. The van der Waals surface area contributed by atoms with Gasteiger partial charge in [-0.25, -0.2) is 9.98 Å². The van der Waals surface area contributed by atoms with Gasteiger partial charge in [0.05, 0.1) is 33.5 Å². The number of hydrogen-bond donors (Lipinski definition) is 0. The second-order valence-corrected chi connectivity index (χ2v) is 13.4. The number of allylic oxidation sites excluding steroid dienone is 8. The Kier molecular flexibility index (Phi) is 6.97. The molecule has 1 atom stereocenters. The lowest BCUT2D eigenvalue weighted by molar-refractivity contribution is 0.729. The number of fused-ring (bicyclic) bond motifs is 7. The maximum Gasteiger partial charge on any atom is 0.235 e. The highest BCUT2D eigenvalue weighted by molar-refractivity contribution is 6.29. The van der Waals surface area contributed by atoms with Gasteiger partial charge in [-0.3, -0.25) is 4.57 Å². The molecule has 6 aromatic rings. The maximum atomic E-state index is 5.60. The van der Waals surface area contributed by atoms with Crippen LogP contribution < -0.4 is 0 Å². The molecule has 9 rings (SSSR count). The van der Waals surface area contributed by atoms with Gasteiger partial charge in [-0.2, -0.15) is 0 Å². The van der Waals surface area contributed by atoms with Crippen molar-refractivity contribution in [3.8, 4) is 0 Å². The topological polar surface area (TPSA) is 34.6 Å². The van der Waals surface area contributed by atoms with Crippen LogP contribution in [-0.2, 0) is 0 Å². The van der Waals surface area contributed by atoms with Gasteiger partial charge in [0, 0.05) is 27.2 Å². The predicted molar refractivity (Wildman–Crippen MR) is 204 cm³/mol. The first-order valence-corrected chi connectivity index (χ1v) is 17.3. The number of aromatic nitrogens is 2. The van der Waals surface area contributed by atoms with E-state index in [0.717, 1.165) is 60.1 Å². The minimum atomic E-state index is 0.472. The molecule has 4 aromatic carbocycles. The summed E-state index contributed by atoms with van der Waals surface area (Å²) >= 11 is 0. The second-order valence-electron chi connectivity index (χ2n) is 13.4. The van der Waals surface area contributed by atoms with E-state index in [9.17, 15) is 0 Å². The molecule has 0 saturated carbocycles. The van der Waals surface area contributed by atoms with Crippen molar-refractivity contribution in [3.05, 3.63) is 150 Å². The number of benzene rings is 4. The molecule has 0 spiro atoms. The van der Waals surface area contributed by atoms with Crippen LogP contribution in [0.3, 0.4) is 0 Å². The lowest BCUT2D eigenvalue weighted by Crippen LogP contribution is -2.17. The van der Waals surface area contributed by atoms with Crippen molar-refractivity contribution < 1.29 is 0 Å². The number of nitrogens with zero attached hydrogens (tertiary/aromatic N) is 4. The quantitative estimate of drug-likeness (QED) is 0.188. The molecule has 0 radical (unpaired) electrons. The molecular weight excluding hydrogens is 585 g/mol. The van der Waals surface area contributed by atoms with Crippen LogP contribution in [0, 0.1) is 5.92 Å². The Morgan fingerprint density at radius 3 is 2.23 bits per heavy atom. The van der Waals surface area contributed by atoms with E-state index in [4.69, 9.17) is 9.98 Å². The molecule has 0 N–H and O–H groups in total. The van der Waals surface area contributed by atoms with E-state index in [2.05, 4.69) is 150 Å². The summed E-state index contributed by atoms with van der Waals surface area (Å²) in [4.78, 5) is 11.1. The molecule has 0 amide bonds. The highest BCUT2D eigenvalue weighted by Gasteiger charge is 2.24. The standard InChI is InChI=1S/C44H38N4/c1-29-14-13-17-32(28-29)42-30(2)24-26-37(31-15-5-3-6-16-31)45-44(46-42)48-38-22-11-9-20-34(38)35-25-27-40-41(43(35)48)36-21-10-12-23-39(36)47(40)33-18-7-4-8-19-33/h3,5-7,9-13,15-23,25,27-29H,4,8,14,24,26H2,1-2H3/b42-30+,45-37+,46-44+. The summed E-state index contributed by atoms with van der Waals surface area (Å²) in [7, 11) is 0. The third-order valence-corrected chi connectivity index (χ3v) is 10.1. The summed E-state index contributed by atoms with van der Waals surface area (Å²) < 4.78 is 4.79. The molecule has 3 aliphatic rings. The van der Waals surface area contributed by atoms with Gasteiger partial charge in [-0.05, 0) is 85.9 Å². The Morgan fingerprint density at radius 1 is 0.667 bits per heavy atom. The monoisotopic (exact) mass is 622 g/mol. The fourth-order valence-corrected chi connectivity index (χ4v) is 7.83. The van der Waals surface area contributed by atoms with E-state index in [1.807, 2.05) is 0 Å². The summed E-state index contributed by atoms with van der Waals surface area (Å²) in [6, 6.07) is 32.8. The van der Waals surface area contributed by atoms with E-state index in [1.165, 1.54) is 49.4 Å². The summed E-state index contributed by atoms with van der Waals surface area (Å²) in [6.07, 6.45) is 18.8. The van der Waals surface area contributed by atoms with Gasteiger partial charge >= 0.3 is 0 Å². The van der Waals surface area contributed by atoms with Gasteiger partial charge in [0.25, 0.3) is 0 Å². The highest BCUT2D eigenvalue weighted by atomic mass is 15.2. The fraction of sp³-hybridized carbons (Fsp3) is 0.182. The normalized spacial score (nSPS) is 22.3. The van der Waals surface area contributed by atoms with Crippen LogP contribution >= 0.6 is 0 Å². The van der Waals surface area contributed by atoms with Gasteiger partial charge in [0.2, 0.25) is 5.96 Å². The molecule has 3 heterocycles. The summed E-state index contributed by atoms with van der Waals surface area (Å²) in [5, 5.41) is 4.88. The van der Waals surface area contributed by atoms with Crippen molar-refractivity contribution in [3.63, 3.8) is 0 Å². The molecule has 234 valence electrons. The molecule has 2 aliphatic carbocycles. The first-order chi connectivity index (χ1) is 23.7. The predicted octanol–water partition coefficient (Wildman–Crippen LogP) is 11.4. The zero-order chi connectivity index (χ0) is 32.2. The molecule has 0 fully saturated rings. The molecule has 0 bridgehead atoms. The first-order valence-electron chi connectivity index (χ1n) is 17.3. The summed E-state index contributed by atoms with van der Waals surface area (Å²) in [5.41, 5.74) is 11.6. The lowest BCUT2D eigenvalue weighted by Gasteiger charge is -2.20. The van der Waals surface area contributed by atoms with Crippen molar-refractivity contribution in [2.45, 2.75) is 46.0 Å². The molecule has 48 heavy (non-hydrogen) atoms. The van der Waals surface area contributed by atoms with Crippen molar-refractivity contribution in [1.82, 2.24) is 9.13 Å². The van der Waals surface area contributed by atoms with Crippen LogP contribution in [0.15, 0.2) is 154 Å². The Labute approximate surface area is 281 Å². The lowest BCUT2D eigenvalue weighted by atomic mass is 9.93. The van der Waals surface area contributed by atoms with E-state index in [0.29, 0.717) is 11.9 Å². The minimum absolute atomic E-state index is 0.472. The maximum absolute atomic E-state index is 5.60. The second kappa shape index (κ2) is 11.6. The molecule has 1 unspecified atom stereocenters. The average Bonchev–Trinajstić information content (AvgIpc) is 3.64. The zero-order valence-corrected chi connectivity index (χ0v) is 27.5. The fourth-order valence-electron chi connectivity index (χ4n) is 7.83. The highest BCUT2D eigenvalue weighted by Crippen LogP contribution is 2.42. The molecule has 2 aromatic heterocycles. The number of aliphatic imine (C=N–C) groups is 2. The van der Waals surface area contributed by atoms with Crippen molar-refractivity contribution in [2.75, 3.05) is 0 Å². The Balaban J connectivity index is 1.43. The summed E-state index contributed by atoms with van der Waals surface area (Å²) in [5.74, 6) is 1.18. The van der Waals surface area contributed by atoms with Crippen molar-refractivity contribution in [1.29, 1.82) is 0 Å². The summed E-state index contributed by atoms with van der Waals surface area (Å²) in [6.45, 7) is 4.54. The Hall–Kier alpha value is -5.48. The van der Waals surface area contributed by atoms with Gasteiger partial charge < -0.3 is 4.57 Å². The third-order valence-electron chi connectivity index (χ3n) is 10.1. The first kappa shape index (κ1) is 28.7. The van der Waals surface area contributed by atoms with Gasteiger partial charge in [0.15, 0.2) is 0 Å². The van der Waals surface area contributed by atoms with Crippen LogP contribution in [0.1, 0.15) is 51.5 Å². The number of para-hydroxylation sites is 2. The molecule has 4 heteroatoms. The van der Waals surface area contributed by atoms with E-state index in [-0.39, 0.29) is 0 Å². The number of hydrogen-bond acceptors (Lipinski definition) is 2. The van der Waals surface area contributed by atoms with Gasteiger partial charge in [0.1, 0.15) is 0 Å². The van der Waals surface area contributed by atoms with Crippen LogP contribution in [0.5, 0.6) is 0 Å². The molecule has 4 nitrogen and oxygen atoms in total. The van der Waals surface area contributed by atoms with Crippen molar-refractivity contribution in [2.24, 2.45) is 15.9 Å². The Morgan fingerprint density at radius 2 is 1.44 bits per heavy atom. The van der Waals surface area contributed by atoms with Gasteiger partial charge in [-0.1, -0.05) is 110 Å². The van der Waals surface area contributed by atoms with Gasteiger partial charge in [-0.15, -0.1) is 0 Å². The average molecular weight is 623 g/mol. The molecule has 1 aliphatic heterocycles. The van der Waals surface area contributed by atoms with Crippen LogP contribution in [0.2, 0.25) is 0 Å². The number of rotatable bonds is 3. The van der Waals surface area contributed by atoms with E-state index < -0.39 is 0 Å². The van der Waals surface area contributed by atoms with E-state index >= 15 is 0 Å². The van der Waals surface area contributed by atoms with Crippen molar-refractivity contribution >= 4 is 61.0 Å². The minimum Gasteiger partial charge on any atom is -0.310 e. The van der Waals surface area contributed by atoms with Crippen LogP contribution in [-0.4, -0.2) is 20.8 Å². The zero-order valence-electron chi connectivity index (χ0n) is 27.5. The largest absolute Gasteiger partial charge is 0.310 e. The van der Waals surface area contributed by atoms with Crippen LogP contribution in [0.4, 0.5) is 0 Å².